The van der Waals surface area contributed by atoms with E-state index in [1.807, 2.05) is 11.9 Å². The molecular weight excluding hydrogens is 185 g/mol. The first-order valence-corrected chi connectivity index (χ1v) is 5.08. The first kappa shape index (κ1) is 8.62. The van der Waals surface area contributed by atoms with Crippen LogP contribution < -0.4 is 0 Å². The average molecular weight is 195 g/mol. The van der Waals surface area contributed by atoms with Crippen molar-refractivity contribution in [1.82, 2.24) is 4.90 Å². The zero-order chi connectivity index (χ0) is 8.82. The largest absolute Gasteiger partial charge is 0.481 e. The number of morpholine rings is 1. The van der Waals surface area contributed by atoms with Crippen molar-refractivity contribution in [2.75, 3.05) is 26.7 Å². The highest BCUT2D eigenvalue weighted by atomic mass is 31.2. The first-order valence-electron chi connectivity index (χ1n) is 3.58. The number of rotatable bonds is 0. The van der Waals surface area contributed by atoms with E-state index >= 15 is 0 Å². The fraction of sp³-hybridized carbons (Fsp3) is 1.00. The fourth-order valence-electron chi connectivity index (χ4n) is 1.28. The molecule has 70 valence electrons. The van der Waals surface area contributed by atoms with Crippen molar-refractivity contribution in [1.29, 1.82) is 0 Å². The molecule has 7 heteroatoms. The maximum absolute atomic E-state index is 10.7. The quantitative estimate of drug-likeness (QED) is 0.537. The molecule has 0 atom stereocenters. The van der Waals surface area contributed by atoms with Crippen molar-refractivity contribution in [3.05, 3.63) is 0 Å². The van der Waals surface area contributed by atoms with E-state index in [1.54, 1.807) is 0 Å². The highest BCUT2D eigenvalue weighted by Crippen LogP contribution is 2.61. The minimum atomic E-state index is -3.78. The zero-order valence-electron chi connectivity index (χ0n) is 6.60. The summed E-state index contributed by atoms with van der Waals surface area (Å²) in [5, 5.41) is 0. The summed E-state index contributed by atoms with van der Waals surface area (Å²) < 4.78 is 25.1. The molecule has 0 aromatic rings. The molecule has 0 aromatic heterocycles. The van der Waals surface area contributed by atoms with Crippen LogP contribution in [0.15, 0.2) is 0 Å². The number of hydrogen-bond acceptors (Lipinski definition) is 5. The van der Waals surface area contributed by atoms with Crippen molar-refractivity contribution in [3.63, 3.8) is 0 Å². The van der Waals surface area contributed by atoms with Gasteiger partial charge in [-0.25, -0.2) is 13.6 Å². The molecule has 0 aliphatic carbocycles. The number of nitrogens with zero attached hydrogens (tertiary/aromatic N) is 1. The third kappa shape index (κ3) is 1.42. The van der Waals surface area contributed by atoms with Gasteiger partial charge >= 0.3 is 13.8 Å². The molecule has 0 aromatic carbocycles. The summed E-state index contributed by atoms with van der Waals surface area (Å²) in [4.78, 5) is 10.6. The van der Waals surface area contributed by atoms with Crippen LogP contribution in [0.2, 0.25) is 0 Å². The molecule has 0 unspecified atom stereocenters. The molecule has 1 N–H and O–H groups in total. The van der Waals surface area contributed by atoms with E-state index in [0.29, 0.717) is 13.2 Å². The third-order valence-electron chi connectivity index (χ3n) is 1.77. The predicted octanol–water partition coefficient (Wildman–Crippen LogP) is -0.251. The molecule has 12 heavy (non-hydrogen) atoms. The van der Waals surface area contributed by atoms with Crippen LogP contribution in [-0.2, 0) is 18.3 Å². The van der Waals surface area contributed by atoms with Gasteiger partial charge in [0.25, 0.3) is 0 Å². The van der Waals surface area contributed by atoms with Crippen molar-refractivity contribution in [2.45, 2.75) is 5.97 Å². The number of likely N-dealkylation sites (N-methyl/N-ethyl adjacent to an activating group) is 1. The molecule has 2 heterocycles. The van der Waals surface area contributed by atoms with Gasteiger partial charge in [-0.15, -0.1) is 0 Å². The Bertz CT molecular complexity index is 234. The number of hydrogen-bond donors (Lipinski definition) is 1. The van der Waals surface area contributed by atoms with Crippen LogP contribution in [0.3, 0.4) is 0 Å². The second-order valence-electron chi connectivity index (χ2n) is 2.92. The molecule has 6 nitrogen and oxygen atoms in total. The summed E-state index contributed by atoms with van der Waals surface area (Å²) in [5.74, 6) is -1.28. The highest BCUT2D eigenvalue weighted by molar-refractivity contribution is 7.48. The molecule has 0 amide bonds. The van der Waals surface area contributed by atoms with E-state index in [1.165, 1.54) is 0 Å². The third-order valence-corrected chi connectivity index (χ3v) is 2.79. The van der Waals surface area contributed by atoms with E-state index in [4.69, 9.17) is 9.63 Å². The van der Waals surface area contributed by atoms with Crippen LogP contribution in [0, 0.1) is 0 Å². The van der Waals surface area contributed by atoms with Crippen LogP contribution in [0.1, 0.15) is 0 Å². The van der Waals surface area contributed by atoms with Crippen molar-refractivity contribution < 1.29 is 23.2 Å². The first-order chi connectivity index (χ1) is 5.52. The summed E-state index contributed by atoms with van der Waals surface area (Å²) in [5.41, 5.74) is 0. The predicted molar refractivity (Wildman–Crippen MR) is 38.2 cm³/mol. The van der Waals surface area contributed by atoms with Gasteiger partial charge in [-0.05, 0) is 7.05 Å². The van der Waals surface area contributed by atoms with E-state index in [2.05, 4.69) is 9.05 Å². The highest BCUT2D eigenvalue weighted by Gasteiger charge is 2.58. The molecule has 2 saturated heterocycles. The van der Waals surface area contributed by atoms with Gasteiger partial charge in [-0.2, -0.15) is 0 Å². The summed E-state index contributed by atoms with van der Waals surface area (Å²) in [6.07, 6.45) is 0. The van der Waals surface area contributed by atoms with E-state index < -0.39 is 13.8 Å². The lowest BCUT2D eigenvalue weighted by molar-refractivity contribution is -0.384. The van der Waals surface area contributed by atoms with Crippen molar-refractivity contribution in [2.24, 2.45) is 0 Å². The van der Waals surface area contributed by atoms with Gasteiger partial charge in [0.05, 0.1) is 13.2 Å². The Morgan fingerprint density at radius 3 is 2.75 bits per heavy atom. The van der Waals surface area contributed by atoms with Gasteiger partial charge in [-0.3, -0.25) is 4.90 Å². The molecule has 2 rings (SSSR count). The van der Waals surface area contributed by atoms with Gasteiger partial charge in [-0.1, -0.05) is 0 Å². The summed E-state index contributed by atoms with van der Waals surface area (Å²) >= 11 is 0. The van der Waals surface area contributed by atoms with Crippen LogP contribution >= 0.6 is 7.82 Å². The summed E-state index contributed by atoms with van der Waals surface area (Å²) in [6, 6.07) is 0. The zero-order valence-corrected chi connectivity index (χ0v) is 7.49. The minimum Gasteiger partial charge on any atom is -0.324 e. The SMILES string of the molecule is CN1CCOC2(C1)OP(=O)(O)O2. The van der Waals surface area contributed by atoms with Gasteiger partial charge in [0.15, 0.2) is 0 Å². The van der Waals surface area contributed by atoms with E-state index in [9.17, 15) is 4.57 Å². The van der Waals surface area contributed by atoms with Crippen LogP contribution in [0.25, 0.3) is 0 Å². The molecule has 0 radical (unpaired) electrons. The molecule has 1 spiro atoms. The Morgan fingerprint density at radius 1 is 1.58 bits per heavy atom. The lowest BCUT2D eigenvalue weighted by Crippen LogP contribution is -2.57. The summed E-state index contributed by atoms with van der Waals surface area (Å²) in [6.45, 7) is 1.57. The van der Waals surface area contributed by atoms with Crippen molar-refractivity contribution in [3.8, 4) is 0 Å². The van der Waals surface area contributed by atoms with Gasteiger partial charge in [0.2, 0.25) is 0 Å². The fourth-order valence-corrected chi connectivity index (χ4v) is 2.22. The minimum absolute atomic E-state index is 0.359. The standard InChI is InChI=1S/C5H10NO5P/c1-6-2-3-9-5(4-6)10-12(7,8)11-5/h2-4H2,1H3,(H,7,8). The Hall–Kier alpha value is 0.0300. The van der Waals surface area contributed by atoms with Crippen LogP contribution in [0.5, 0.6) is 0 Å². The van der Waals surface area contributed by atoms with E-state index in [-0.39, 0.29) is 0 Å². The Balaban J connectivity index is 2.01. The lowest BCUT2D eigenvalue weighted by atomic mass is 10.4. The number of phosphoric ester groups is 1. The average Bonchev–Trinajstić information content (AvgIpc) is 1.81. The smallest absolute Gasteiger partial charge is 0.324 e. The second kappa shape index (κ2) is 2.51. The summed E-state index contributed by atoms with van der Waals surface area (Å²) in [7, 11) is -1.92. The van der Waals surface area contributed by atoms with Gasteiger partial charge in [0, 0.05) is 6.54 Å². The topological polar surface area (TPSA) is 68.2 Å². The molecular formula is C5H10NO5P. The molecule has 2 aliphatic heterocycles. The molecule has 0 bridgehead atoms. The molecule has 2 fully saturated rings. The normalized spacial score (nSPS) is 49.2. The monoisotopic (exact) mass is 195 g/mol. The van der Waals surface area contributed by atoms with Gasteiger partial charge in [0.1, 0.15) is 0 Å². The van der Waals surface area contributed by atoms with Crippen LogP contribution in [-0.4, -0.2) is 42.5 Å². The maximum atomic E-state index is 10.7. The maximum Gasteiger partial charge on any atom is 0.481 e. The van der Waals surface area contributed by atoms with E-state index in [0.717, 1.165) is 6.54 Å². The Kier molecular flexibility index (Phi) is 1.80. The lowest BCUT2D eigenvalue weighted by Gasteiger charge is -2.46. The molecule has 0 saturated carbocycles. The Morgan fingerprint density at radius 2 is 2.25 bits per heavy atom. The van der Waals surface area contributed by atoms with Gasteiger partial charge < -0.3 is 9.63 Å². The molecule has 2 aliphatic rings. The second-order valence-corrected chi connectivity index (χ2v) is 4.22. The number of phosphoric acid groups is 1. The van der Waals surface area contributed by atoms with Crippen LogP contribution in [0.4, 0.5) is 0 Å². The van der Waals surface area contributed by atoms with Crippen molar-refractivity contribution >= 4 is 7.82 Å². The number of ether oxygens (including phenoxy) is 1. The Labute approximate surface area is 69.6 Å².